The van der Waals surface area contributed by atoms with E-state index in [0.717, 1.165) is 22.0 Å². The van der Waals surface area contributed by atoms with Gasteiger partial charge in [0.15, 0.2) is 6.61 Å². The molecule has 2 aromatic carbocycles. The number of halogens is 2. The van der Waals surface area contributed by atoms with E-state index in [1.54, 1.807) is 18.2 Å². The van der Waals surface area contributed by atoms with Crippen LogP contribution in [0, 0.1) is 12.8 Å². The fraction of sp³-hybridized carbons (Fsp3) is 0.318. The normalized spacial score (nSPS) is 15.9. The summed E-state index contributed by atoms with van der Waals surface area (Å²) < 4.78 is 6.09. The molecule has 0 spiro atoms. The smallest absolute Gasteiger partial charge is 0.311 e. The molecule has 2 aromatic rings. The molecule has 30 heavy (non-hydrogen) atoms. The molecular formula is C22H22BrClN2O4. The number of ether oxygens (including phenoxy) is 1. The fourth-order valence-electron chi connectivity index (χ4n) is 3.28. The van der Waals surface area contributed by atoms with Crippen LogP contribution in [-0.2, 0) is 25.5 Å². The zero-order chi connectivity index (χ0) is 21.8. The zero-order valence-corrected chi connectivity index (χ0v) is 19.0. The summed E-state index contributed by atoms with van der Waals surface area (Å²) in [6.07, 6.45) is 0.788. The van der Waals surface area contributed by atoms with Crippen LogP contribution in [0.1, 0.15) is 24.5 Å². The van der Waals surface area contributed by atoms with Crippen molar-refractivity contribution in [2.24, 2.45) is 5.92 Å². The van der Waals surface area contributed by atoms with Crippen molar-refractivity contribution < 1.29 is 19.1 Å². The van der Waals surface area contributed by atoms with Crippen LogP contribution >= 0.6 is 27.5 Å². The van der Waals surface area contributed by atoms with E-state index in [2.05, 4.69) is 21.2 Å². The molecule has 3 rings (SSSR count). The summed E-state index contributed by atoms with van der Waals surface area (Å²) >= 11 is 9.55. The van der Waals surface area contributed by atoms with Gasteiger partial charge in [-0.05, 0) is 54.8 Å². The van der Waals surface area contributed by atoms with Gasteiger partial charge in [-0.3, -0.25) is 14.4 Å². The molecule has 1 aliphatic rings. The molecule has 0 aliphatic carbocycles. The topological polar surface area (TPSA) is 75.7 Å². The number of carbonyl (C=O) groups excluding carboxylic acids is 3. The molecule has 1 saturated heterocycles. The van der Waals surface area contributed by atoms with E-state index in [-0.39, 0.29) is 18.9 Å². The summed E-state index contributed by atoms with van der Waals surface area (Å²) in [5.74, 6) is -1.79. The Labute approximate surface area is 188 Å². The lowest BCUT2D eigenvalue weighted by Gasteiger charge is -2.17. The Morgan fingerprint density at radius 3 is 2.73 bits per heavy atom. The Hall–Kier alpha value is -2.38. The molecule has 0 unspecified atom stereocenters. The highest BCUT2D eigenvalue weighted by atomic mass is 79.9. The highest BCUT2D eigenvalue weighted by Crippen LogP contribution is 2.29. The van der Waals surface area contributed by atoms with Crippen molar-refractivity contribution in [2.45, 2.75) is 26.7 Å². The van der Waals surface area contributed by atoms with Crippen molar-refractivity contribution in [1.82, 2.24) is 0 Å². The van der Waals surface area contributed by atoms with Gasteiger partial charge in [-0.2, -0.15) is 0 Å². The summed E-state index contributed by atoms with van der Waals surface area (Å²) in [4.78, 5) is 38.5. The fourth-order valence-corrected chi connectivity index (χ4v) is 3.87. The first-order valence-corrected chi connectivity index (χ1v) is 10.8. The van der Waals surface area contributed by atoms with Gasteiger partial charge in [-0.15, -0.1) is 0 Å². The second-order valence-electron chi connectivity index (χ2n) is 7.15. The van der Waals surface area contributed by atoms with Crippen molar-refractivity contribution >= 4 is 56.7 Å². The first-order valence-electron chi connectivity index (χ1n) is 9.60. The Morgan fingerprint density at radius 2 is 2.03 bits per heavy atom. The maximum absolute atomic E-state index is 12.4. The summed E-state index contributed by atoms with van der Waals surface area (Å²) in [5.41, 5.74) is 3.20. The molecule has 1 aliphatic heterocycles. The predicted octanol–water partition coefficient (Wildman–Crippen LogP) is 4.51. The summed E-state index contributed by atoms with van der Waals surface area (Å²) in [6.45, 7) is 3.66. The highest BCUT2D eigenvalue weighted by molar-refractivity contribution is 9.10. The molecule has 0 bridgehead atoms. The summed E-state index contributed by atoms with van der Waals surface area (Å²) in [6, 6.07) is 10.9. The number of rotatable bonds is 6. The zero-order valence-electron chi connectivity index (χ0n) is 16.7. The van der Waals surface area contributed by atoms with Gasteiger partial charge >= 0.3 is 5.97 Å². The molecule has 0 saturated carbocycles. The van der Waals surface area contributed by atoms with Gasteiger partial charge in [0, 0.05) is 33.8 Å². The first kappa shape index (κ1) is 22.3. The number of anilines is 2. The van der Waals surface area contributed by atoms with E-state index in [1.165, 1.54) is 4.90 Å². The van der Waals surface area contributed by atoms with Crippen LogP contribution in [0.25, 0.3) is 0 Å². The molecule has 1 N–H and O–H groups in total. The number of benzene rings is 2. The number of nitrogens with one attached hydrogen (secondary N) is 1. The standard InChI is InChI=1S/C22H22BrClN2O4/c1-3-14-8-16(23)5-7-19(14)25-20(27)12-30-22(29)15-9-21(28)26(11-15)17-6-4-13(2)18(24)10-17/h4-8,10,15H,3,9,11-12H2,1-2H3,(H,25,27)/t15-/m1/s1. The number of amides is 2. The van der Waals surface area contributed by atoms with Crippen LogP contribution in [-0.4, -0.2) is 30.9 Å². The Balaban J connectivity index is 1.55. The highest BCUT2D eigenvalue weighted by Gasteiger charge is 2.36. The molecule has 0 radical (unpaired) electrons. The van der Waals surface area contributed by atoms with E-state index in [9.17, 15) is 14.4 Å². The second kappa shape index (κ2) is 9.62. The number of hydrogen-bond acceptors (Lipinski definition) is 4. The van der Waals surface area contributed by atoms with Crippen LogP contribution in [0.5, 0.6) is 0 Å². The van der Waals surface area contributed by atoms with E-state index < -0.39 is 24.4 Å². The Morgan fingerprint density at radius 1 is 1.27 bits per heavy atom. The molecular weight excluding hydrogens is 472 g/mol. The molecule has 1 fully saturated rings. The van der Waals surface area contributed by atoms with Crippen LogP contribution in [0.2, 0.25) is 5.02 Å². The molecule has 8 heteroatoms. The number of aryl methyl sites for hydroxylation is 2. The molecule has 6 nitrogen and oxygen atoms in total. The van der Waals surface area contributed by atoms with Crippen molar-refractivity contribution in [1.29, 1.82) is 0 Å². The van der Waals surface area contributed by atoms with Gasteiger partial charge in [0.2, 0.25) is 5.91 Å². The second-order valence-corrected chi connectivity index (χ2v) is 8.47. The molecule has 1 atom stereocenters. The van der Waals surface area contributed by atoms with E-state index in [0.29, 0.717) is 16.4 Å². The van der Waals surface area contributed by atoms with Crippen molar-refractivity contribution in [3.8, 4) is 0 Å². The first-order chi connectivity index (χ1) is 14.3. The number of hydrogen-bond donors (Lipinski definition) is 1. The third kappa shape index (κ3) is 5.21. The van der Waals surface area contributed by atoms with Gasteiger partial charge in [0.05, 0.1) is 5.92 Å². The van der Waals surface area contributed by atoms with Crippen molar-refractivity contribution in [3.63, 3.8) is 0 Å². The maximum Gasteiger partial charge on any atom is 0.311 e. The average Bonchev–Trinajstić information content (AvgIpc) is 3.11. The van der Waals surface area contributed by atoms with Gasteiger partial charge in [-0.25, -0.2) is 0 Å². The minimum atomic E-state index is -0.621. The van der Waals surface area contributed by atoms with Gasteiger partial charge in [0.25, 0.3) is 5.91 Å². The van der Waals surface area contributed by atoms with Gasteiger partial charge in [0.1, 0.15) is 0 Å². The molecule has 158 valence electrons. The largest absolute Gasteiger partial charge is 0.455 e. The Bertz CT molecular complexity index is 995. The van der Waals surface area contributed by atoms with Crippen LogP contribution in [0.3, 0.4) is 0 Å². The van der Waals surface area contributed by atoms with Crippen LogP contribution < -0.4 is 10.2 Å². The number of nitrogens with zero attached hydrogens (tertiary/aromatic N) is 1. The quantitative estimate of drug-likeness (QED) is 0.601. The molecule has 0 aromatic heterocycles. The van der Waals surface area contributed by atoms with Gasteiger partial charge in [-0.1, -0.05) is 40.5 Å². The van der Waals surface area contributed by atoms with E-state index >= 15 is 0 Å². The van der Waals surface area contributed by atoms with E-state index in [1.807, 2.05) is 32.0 Å². The average molecular weight is 494 g/mol. The molecule has 2 amide bonds. The lowest BCUT2D eigenvalue weighted by atomic mass is 10.1. The summed E-state index contributed by atoms with van der Waals surface area (Å²) in [7, 11) is 0. The third-order valence-corrected chi connectivity index (χ3v) is 5.89. The molecule has 1 heterocycles. The van der Waals surface area contributed by atoms with Crippen LogP contribution in [0.15, 0.2) is 40.9 Å². The Kier molecular flexibility index (Phi) is 7.15. The van der Waals surface area contributed by atoms with E-state index in [4.69, 9.17) is 16.3 Å². The SMILES string of the molecule is CCc1cc(Br)ccc1NC(=O)COC(=O)[C@@H]1CC(=O)N(c2ccc(C)c(Cl)c2)C1. The third-order valence-electron chi connectivity index (χ3n) is 4.99. The van der Waals surface area contributed by atoms with Gasteiger partial charge < -0.3 is 15.0 Å². The number of esters is 1. The maximum atomic E-state index is 12.4. The predicted molar refractivity (Wildman–Crippen MR) is 120 cm³/mol. The number of carbonyl (C=O) groups is 3. The minimum absolute atomic E-state index is 0.0403. The minimum Gasteiger partial charge on any atom is -0.455 e. The van der Waals surface area contributed by atoms with Crippen molar-refractivity contribution in [3.05, 3.63) is 57.0 Å². The monoisotopic (exact) mass is 492 g/mol. The lowest BCUT2D eigenvalue weighted by Crippen LogP contribution is -2.28. The summed E-state index contributed by atoms with van der Waals surface area (Å²) in [5, 5.41) is 3.32. The van der Waals surface area contributed by atoms with Crippen LogP contribution in [0.4, 0.5) is 11.4 Å². The lowest BCUT2D eigenvalue weighted by molar-refractivity contribution is -0.151. The van der Waals surface area contributed by atoms with Crippen molar-refractivity contribution in [2.75, 3.05) is 23.4 Å².